The molecule has 9 atom stereocenters. The molecule has 5 amide bonds. The van der Waals surface area contributed by atoms with E-state index in [9.17, 15) is 24.0 Å². The summed E-state index contributed by atoms with van der Waals surface area (Å²) in [6.07, 6.45) is -0.881. The van der Waals surface area contributed by atoms with Gasteiger partial charge in [-0.1, -0.05) is 71.4 Å². The molecule has 1 aliphatic rings. The minimum Gasteiger partial charge on any atom is -0.439 e. The first kappa shape index (κ1) is 44.4. The van der Waals surface area contributed by atoms with E-state index in [1.807, 2.05) is 52.8 Å². The van der Waals surface area contributed by atoms with Gasteiger partial charge in [0.05, 0.1) is 55.3 Å². The molecule has 1 unspecified atom stereocenters. The summed E-state index contributed by atoms with van der Waals surface area (Å²) < 4.78 is 17.2. The molecule has 1 saturated heterocycles. The van der Waals surface area contributed by atoms with Gasteiger partial charge in [-0.25, -0.2) is 4.79 Å². The van der Waals surface area contributed by atoms with Gasteiger partial charge in [0.1, 0.15) is 6.10 Å². The zero-order chi connectivity index (χ0) is 39.3. The smallest absolute Gasteiger partial charge is 0.405 e. The molecule has 1 aromatic carbocycles. The van der Waals surface area contributed by atoms with Crippen LogP contribution in [0.1, 0.15) is 78.9 Å². The Hall–Kier alpha value is -3.75. The number of hydrogen-bond acceptors (Lipinski definition) is 9. The van der Waals surface area contributed by atoms with Crippen LogP contribution in [-0.4, -0.2) is 129 Å². The SMILES string of the molecule is CC[C@H](C)[C@@H]([C@@H](CC(=O)N1CCC[C@H]1[C@H](OC)[C@@H](C)C(=O)N[C@H](C)[C@@H](OC(N)=O)c1ccccc1)OC)N(C)C(=O)CNC(=O)C(C(C)C)N(C)C. The van der Waals surface area contributed by atoms with Crippen LogP contribution in [0.25, 0.3) is 0 Å². The Kier molecular flexibility index (Phi) is 18.0. The van der Waals surface area contributed by atoms with Crippen molar-refractivity contribution in [1.29, 1.82) is 0 Å². The molecule has 4 N–H and O–H groups in total. The quantitative estimate of drug-likeness (QED) is 0.182. The monoisotopic (exact) mass is 732 g/mol. The first-order valence-electron chi connectivity index (χ1n) is 18.4. The lowest BCUT2D eigenvalue weighted by molar-refractivity contribution is -0.146. The summed E-state index contributed by atoms with van der Waals surface area (Å²) >= 11 is 0. The van der Waals surface area contributed by atoms with Crippen molar-refractivity contribution in [3.05, 3.63) is 35.9 Å². The third-order valence-electron chi connectivity index (χ3n) is 10.4. The maximum atomic E-state index is 14.1. The number of methoxy groups -OCH3 is 2. The average Bonchev–Trinajstić information content (AvgIpc) is 3.58. The Balaban J connectivity index is 2.19. The molecule has 0 radical (unpaired) electrons. The van der Waals surface area contributed by atoms with Crippen molar-refractivity contribution in [3.63, 3.8) is 0 Å². The summed E-state index contributed by atoms with van der Waals surface area (Å²) in [4.78, 5) is 70.9. The molecule has 294 valence electrons. The Morgan fingerprint density at radius 2 is 1.60 bits per heavy atom. The number of nitrogens with zero attached hydrogens (tertiary/aromatic N) is 3. The number of carbonyl (C=O) groups is 5. The van der Waals surface area contributed by atoms with E-state index >= 15 is 0 Å². The summed E-state index contributed by atoms with van der Waals surface area (Å²) in [6.45, 7) is 11.8. The molecule has 0 aromatic heterocycles. The van der Waals surface area contributed by atoms with Crippen LogP contribution in [0.3, 0.4) is 0 Å². The molecule has 1 aliphatic heterocycles. The number of likely N-dealkylation sites (N-methyl/N-ethyl adjacent to an activating group) is 2. The van der Waals surface area contributed by atoms with Crippen LogP contribution in [0.15, 0.2) is 30.3 Å². The fourth-order valence-corrected chi connectivity index (χ4v) is 7.51. The van der Waals surface area contributed by atoms with Crippen LogP contribution in [0.2, 0.25) is 0 Å². The van der Waals surface area contributed by atoms with Crippen molar-refractivity contribution in [1.82, 2.24) is 25.3 Å². The van der Waals surface area contributed by atoms with E-state index in [0.29, 0.717) is 18.5 Å². The van der Waals surface area contributed by atoms with E-state index in [1.54, 1.807) is 55.0 Å². The number of nitrogens with two attached hydrogens (primary N) is 1. The van der Waals surface area contributed by atoms with E-state index in [4.69, 9.17) is 19.9 Å². The van der Waals surface area contributed by atoms with Gasteiger partial charge in [-0.15, -0.1) is 0 Å². The molecule has 14 nitrogen and oxygen atoms in total. The molecular weight excluding hydrogens is 668 g/mol. The second kappa shape index (κ2) is 21.1. The Bertz CT molecular complexity index is 1310. The average molecular weight is 733 g/mol. The standard InChI is InChI=1S/C38H64N6O8/c1-12-24(4)33(43(9)31(46)22-40-37(48)32(23(2)3)42(7)8)29(50-10)21-30(45)44-20-16-19-28(44)34(51-11)25(5)36(47)41-26(6)35(52-38(39)49)27-17-14-13-15-18-27/h13-15,17-18,23-26,28-29,32-35H,12,16,19-22H2,1-11H3,(H2,39,49)(H,40,48)(H,41,47)/t24-,25+,26+,28-,29+,32?,33-,34+,35+/m0/s1. The number of benzene rings is 1. The van der Waals surface area contributed by atoms with Gasteiger partial charge in [-0.05, 0) is 51.3 Å². The normalized spacial score (nSPS) is 19.2. The Morgan fingerprint density at radius 1 is 0.962 bits per heavy atom. The van der Waals surface area contributed by atoms with Crippen LogP contribution < -0.4 is 16.4 Å². The van der Waals surface area contributed by atoms with E-state index in [2.05, 4.69) is 10.6 Å². The lowest BCUT2D eigenvalue weighted by Crippen LogP contribution is -2.55. The van der Waals surface area contributed by atoms with Crippen molar-refractivity contribution < 1.29 is 38.2 Å². The highest BCUT2D eigenvalue weighted by atomic mass is 16.6. The third-order valence-corrected chi connectivity index (χ3v) is 10.4. The van der Waals surface area contributed by atoms with Crippen molar-refractivity contribution in [3.8, 4) is 0 Å². The lowest BCUT2D eigenvalue weighted by atomic mass is 9.90. The number of likely N-dealkylation sites (tertiary alicyclic amines) is 1. The van der Waals surface area contributed by atoms with Gasteiger partial charge in [-0.2, -0.15) is 0 Å². The molecule has 0 spiro atoms. The van der Waals surface area contributed by atoms with E-state index in [0.717, 1.165) is 12.8 Å². The first-order chi connectivity index (χ1) is 24.5. The van der Waals surface area contributed by atoms with Gasteiger partial charge >= 0.3 is 6.09 Å². The van der Waals surface area contributed by atoms with Crippen LogP contribution >= 0.6 is 0 Å². The van der Waals surface area contributed by atoms with Crippen molar-refractivity contribution >= 4 is 29.7 Å². The highest BCUT2D eigenvalue weighted by Gasteiger charge is 2.42. The summed E-state index contributed by atoms with van der Waals surface area (Å²) in [5.74, 6) is -1.61. The van der Waals surface area contributed by atoms with Crippen molar-refractivity contribution in [2.24, 2.45) is 23.5 Å². The zero-order valence-electron chi connectivity index (χ0n) is 33.1. The van der Waals surface area contributed by atoms with Gasteiger partial charge in [0.25, 0.3) is 0 Å². The molecule has 0 aliphatic carbocycles. The second-order valence-corrected chi connectivity index (χ2v) is 14.6. The summed E-state index contributed by atoms with van der Waals surface area (Å²) in [6, 6.07) is 7.22. The van der Waals surface area contributed by atoms with Crippen LogP contribution in [-0.2, 0) is 33.4 Å². The van der Waals surface area contributed by atoms with Crippen molar-refractivity contribution in [2.45, 2.75) is 110 Å². The highest BCUT2D eigenvalue weighted by Crippen LogP contribution is 2.30. The van der Waals surface area contributed by atoms with E-state index < -0.39 is 42.4 Å². The van der Waals surface area contributed by atoms with Crippen LogP contribution in [0.5, 0.6) is 0 Å². The molecule has 14 heteroatoms. The fourth-order valence-electron chi connectivity index (χ4n) is 7.51. The second-order valence-electron chi connectivity index (χ2n) is 14.6. The third kappa shape index (κ3) is 11.9. The number of hydrogen-bond donors (Lipinski definition) is 3. The topological polar surface area (TPSA) is 173 Å². The number of amides is 5. The van der Waals surface area contributed by atoms with E-state index in [-0.39, 0.29) is 60.5 Å². The Labute approximate surface area is 310 Å². The van der Waals surface area contributed by atoms with Gasteiger partial charge in [0.15, 0.2) is 0 Å². The molecule has 1 heterocycles. The minimum absolute atomic E-state index is 0.0132. The van der Waals surface area contributed by atoms with Crippen LogP contribution in [0, 0.1) is 17.8 Å². The minimum atomic E-state index is -0.954. The highest BCUT2D eigenvalue weighted by molar-refractivity contribution is 5.87. The predicted octanol–water partition coefficient (Wildman–Crippen LogP) is 2.95. The van der Waals surface area contributed by atoms with Crippen molar-refractivity contribution in [2.75, 3.05) is 48.5 Å². The maximum absolute atomic E-state index is 14.1. The van der Waals surface area contributed by atoms with Crippen LogP contribution in [0.4, 0.5) is 4.79 Å². The Morgan fingerprint density at radius 3 is 2.12 bits per heavy atom. The molecule has 0 saturated carbocycles. The van der Waals surface area contributed by atoms with E-state index in [1.165, 1.54) is 14.2 Å². The number of nitrogens with one attached hydrogen (secondary N) is 2. The largest absolute Gasteiger partial charge is 0.439 e. The molecule has 0 bridgehead atoms. The lowest BCUT2D eigenvalue weighted by Gasteiger charge is -2.39. The molecule has 52 heavy (non-hydrogen) atoms. The summed E-state index contributed by atoms with van der Waals surface area (Å²) in [5, 5.41) is 5.75. The predicted molar refractivity (Wildman–Crippen MR) is 199 cm³/mol. The number of rotatable bonds is 20. The molecule has 1 aromatic rings. The number of ether oxygens (including phenoxy) is 3. The maximum Gasteiger partial charge on any atom is 0.405 e. The zero-order valence-corrected chi connectivity index (χ0v) is 33.1. The summed E-state index contributed by atoms with van der Waals surface area (Å²) in [7, 11) is 8.41. The molecule has 2 rings (SSSR count). The van der Waals surface area contributed by atoms with Gasteiger partial charge in [-0.3, -0.25) is 24.1 Å². The molecular formula is C38H64N6O8. The van der Waals surface area contributed by atoms with Gasteiger partial charge in [0, 0.05) is 27.8 Å². The number of primary amides is 1. The van der Waals surface area contributed by atoms with Gasteiger partial charge < -0.3 is 40.4 Å². The fraction of sp³-hybridized carbons (Fsp3) is 0.711. The first-order valence-corrected chi connectivity index (χ1v) is 18.4. The van der Waals surface area contributed by atoms with Gasteiger partial charge in [0.2, 0.25) is 23.6 Å². The summed E-state index contributed by atoms with van der Waals surface area (Å²) in [5.41, 5.74) is 6.03. The number of carbonyl (C=O) groups excluding carboxylic acids is 5. The molecule has 1 fully saturated rings.